The van der Waals surface area contributed by atoms with Crippen LogP contribution < -0.4 is 0 Å². The minimum Gasteiger partial charge on any atom is -0.334 e. The molecule has 1 aliphatic rings. The molecule has 0 saturated carbocycles. The number of carbonyl (C=O) groups is 1. The highest BCUT2D eigenvalue weighted by molar-refractivity contribution is 6.05. The largest absolute Gasteiger partial charge is 0.334 e. The van der Waals surface area contributed by atoms with Gasteiger partial charge in [0.25, 0.3) is 5.91 Å². The van der Waals surface area contributed by atoms with Crippen molar-refractivity contribution in [2.24, 2.45) is 0 Å². The van der Waals surface area contributed by atoms with Crippen molar-refractivity contribution in [3.63, 3.8) is 0 Å². The molecule has 0 bridgehead atoms. The molecule has 3 aromatic rings. The quantitative estimate of drug-likeness (QED) is 0.807. The first-order valence-electron chi connectivity index (χ1n) is 7.94. The van der Waals surface area contributed by atoms with Crippen molar-refractivity contribution in [3.8, 4) is 0 Å². The van der Waals surface area contributed by atoms with Crippen LogP contribution in [0.2, 0.25) is 0 Å². The zero-order chi connectivity index (χ0) is 15.8. The van der Waals surface area contributed by atoms with Gasteiger partial charge in [0, 0.05) is 24.3 Å². The zero-order valence-corrected chi connectivity index (χ0v) is 13.1. The van der Waals surface area contributed by atoms with Crippen LogP contribution >= 0.6 is 0 Å². The molecule has 118 valence electrons. The Kier molecular flexibility index (Phi) is 3.37. The summed E-state index contributed by atoms with van der Waals surface area (Å²) in [5.74, 6) is 0.0811. The summed E-state index contributed by atoms with van der Waals surface area (Å²) in [6, 6.07) is 6.10. The van der Waals surface area contributed by atoms with Crippen molar-refractivity contribution in [2.75, 3.05) is 6.54 Å². The van der Waals surface area contributed by atoms with Crippen LogP contribution in [0.4, 0.5) is 0 Å². The van der Waals surface area contributed by atoms with E-state index in [9.17, 15) is 4.79 Å². The lowest BCUT2D eigenvalue weighted by molar-refractivity contribution is 0.0723. The lowest BCUT2D eigenvalue weighted by atomic mass is 10.1. The average molecular weight is 309 g/mol. The van der Waals surface area contributed by atoms with Crippen molar-refractivity contribution in [1.29, 1.82) is 0 Å². The normalized spacial score (nSPS) is 18.0. The summed E-state index contributed by atoms with van der Waals surface area (Å²) in [4.78, 5) is 15.1. The number of hydrogen-bond acceptors (Lipinski definition) is 3. The molecular weight excluding hydrogens is 290 g/mol. The highest BCUT2D eigenvalue weighted by atomic mass is 16.2. The van der Waals surface area contributed by atoms with E-state index >= 15 is 0 Å². The number of H-pyrrole nitrogens is 1. The molecular formula is C17H19N5O. The maximum Gasteiger partial charge on any atom is 0.256 e. The molecule has 6 heteroatoms. The first kappa shape index (κ1) is 14.0. The number of amides is 1. The molecule has 0 unspecified atom stereocenters. The smallest absolute Gasteiger partial charge is 0.256 e. The summed E-state index contributed by atoms with van der Waals surface area (Å²) >= 11 is 0. The first-order chi connectivity index (χ1) is 11.2. The van der Waals surface area contributed by atoms with E-state index in [2.05, 4.69) is 15.3 Å². The van der Waals surface area contributed by atoms with Gasteiger partial charge in [-0.2, -0.15) is 10.2 Å². The molecule has 0 radical (unpaired) electrons. The Labute approximate surface area is 134 Å². The van der Waals surface area contributed by atoms with Gasteiger partial charge in [-0.05, 0) is 43.5 Å². The summed E-state index contributed by atoms with van der Waals surface area (Å²) in [5, 5.41) is 12.3. The van der Waals surface area contributed by atoms with Crippen molar-refractivity contribution < 1.29 is 4.79 Å². The van der Waals surface area contributed by atoms with E-state index in [-0.39, 0.29) is 11.9 Å². The molecule has 0 aliphatic carbocycles. The highest BCUT2D eigenvalue weighted by Crippen LogP contribution is 2.25. The molecule has 6 nitrogen and oxygen atoms in total. The van der Waals surface area contributed by atoms with Crippen LogP contribution in [0.1, 0.15) is 28.8 Å². The number of fused-ring (bicyclic) bond motifs is 1. The third-order valence-electron chi connectivity index (χ3n) is 4.52. The fourth-order valence-corrected chi connectivity index (χ4v) is 3.45. The minimum absolute atomic E-state index is 0.0811. The molecule has 1 aliphatic heterocycles. The van der Waals surface area contributed by atoms with Crippen LogP contribution in [0, 0.1) is 6.92 Å². The Morgan fingerprint density at radius 1 is 1.43 bits per heavy atom. The zero-order valence-electron chi connectivity index (χ0n) is 13.1. The monoisotopic (exact) mass is 309 g/mol. The van der Waals surface area contributed by atoms with Gasteiger partial charge in [-0.1, -0.05) is 0 Å². The lowest BCUT2D eigenvalue weighted by Gasteiger charge is -2.25. The molecule has 1 aromatic carbocycles. The Bertz CT molecular complexity index is 836. The number of carbonyl (C=O) groups excluding carboxylic acids is 1. The number of aromatic nitrogens is 4. The number of hydrogen-bond donors (Lipinski definition) is 1. The molecule has 0 spiro atoms. The van der Waals surface area contributed by atoms with Crippen LogP contribution in [0.25, 0.3) is 10.9 Å². The Morgan fingerprint density at radius 3 is 3.17 bits per heavy atom. The number of nitrogens with zero attached hydrogens (tertiary/aromatic N) is 4. The number of benzene rings is 1. The third kappa shape index (κ3) is 2.50. The number of rotatable bonds is 3. The second-order valence-corrected chi connectivity index (χ2v) is 6.17. The Morgan fingerprint density at radius 2 is 2.35 bits per heavy atom. The van der Waals surface area contributed by atoms with Crippen LogP contribution in [-0.4, -0.2) is 43.4 Å². The second kappa shape index (κ2) is 5.53. The van der Waals surface area contributed by atoms with Gasteiger partial charge >= 0.3 is 0 Å². The predicted molar refractivity (Wildman–Crippen MR) is 87.1 cm³/mol. The minimum atomic E-state index is 0.0811. The van der Waals surface area contributed by atoms with Gasteiger partial charge in [0.15, 0.2) is 0 Å². The number of likely N-dealkylation sites (tertiary alicyclic amines) is 1. The molecule has 1 fully saturated rings. The maximum atomic E-state index is 13.1. The predicted octanol–water partition coefficient (Wildman–Crippen LogP) is 2.37. The van der Waals surface area contributed by atoms with E-state index in [0.29, 0.717) is 5.56 Å². The van der Waals surface area contributed by atoms with Gasteiger partial charge in [-0.25, -0.2) is 0 Å². The molecule has 1 atom stereocenters. The fraction of sp³-hybridized carbons (Fsp3) is 0.353. The molecule has 3 heterocycles. The number of aryl methyl sites for hydroxylation is 1. The van der Waals surface area contributed by atoms with E-state index in [4.69, 9.17) is 0 Å². The molecule has 23 heavy (non-hydrogen) atoms. The number of aromatic amines is 1. The summed E-state index contributed by atoms with van der Waals surface area (Å²) < 4.78 is 1.90. The van der Waals surface area contributed by atoms with Gasteiger partial charge in [0.1, 0.15) is 0 Å². The fourth-order valence-electron chi connectivity index (χ4n) is 3.45. The molecule has 1 saturated heterocycles. The second-order valence-electron chi connectivity index (χ2n) is 6.17. The van der Waals surface area contributed by atoms with Gasteiger partial charge in [0.05, 0.1) is 29.9 Å². The average Bonchev–Trinajstić information content (AvgIpc) is 3.26. The van der Waals surface area contributed by atoms with Crippen LogP contribution in [-0.2, 0) is 6.54 Å². The summed E-state index contributed by atoms with van der Waals surface area (Å²) in [7, 11) is 0. The summed E-state index contributed by atoms with van der Waals surface area (Å²) in [6.07, 6.45) is 7.54. The van der Waals surface area contributed by atoms with Crippen LogP contribution in [0.5, 0.6) is 0 Å². The van der Waals surface area contributed by atoms with Gasteiger partial charge in [0.2, 0.25) is 0 Å². The highest BCUT2D eigenvalue weighted by Gasteiger charge is 2.31. The third-order valence-corrected chi connectivity index (χ3v) is 4.52. The molecule has 1 N–H and O–H groups in total. The van der Waals surface area contributed by atoms with Crippen molar-refractivity contribution in [1.82, 2.24) is 24.9 Å². The summed E-state index contributed by atoms with van der Waals surface area (Å²) in [5.41, 5.74) is 2.61. The maximum absolute atomic E-state index is 13.1. The van der Waals surface area contributed by atoms with Crippen molar-refractivity contribution in [3.05, 3.63) is 47.9 Å². The lowest BCUT2D eigenvalue weighted by Crippen LogP contribution is -2.38. The van der Waals surface area contributed by atoms with Gasteiger partial charge in [-0.3, -0.25) is 14.6 Å². The van der Waals surface area contributed by atoms with Gasteiger partial charge in [-0.15, -0.1) is 0 Å². The van der Waals surface area contributed by atoms with E-state index in [1.54, 1.807) is 12.4 Å². The standard InChI is InChI=1S/C17H19N5O/c1-12-8-13-10-18-20-16(13)15(9-12)17(23)22-7-2-4-14(22)11-21-6-3-5-19-21/h3,5-6,8-10,14H,2,4,7,11H2,1H3,(H,18,20)/t14-/m1/s1. The van der Waals surface area contributed by atoms with E-state index < -0.39 is 0 Å². The molecule has 2 aromatic heterocycles. The Hall–Kier alpha value is -2.63. The first-order valence-corrected chi connectivity index (χ1v) is 7.94. The molecule has 1 amide bonds. The van der Waals surface area contributed by atoms with Crippen molar-refractivity contribution in [2.45, 2.75) is 32.4 Å². The number of nitrogens with one attached hydrogen (secondary N) is 1. The summed E-state index contributed by atoms with van der Waals surface area (Å²) in [6.45, 7) is 3.56. The Balaban J connectivity index is 1.65. The van der Waals surface area contributed by atoms with Crippen LogP contribution in [0.3, 0.4) is 0 Å². The van der Waals surface area contributed by atoms with E-state index in [1.165, 1.54) is 0 Å². The van der Waals surface area contributed by atoms with Gasteiger partial charge < -0.3 is 4.90 Å². The van der Waals surface area contributed by atoms with E-state index in [0.717, 1.165) is 42.4 Å². The van der Waals surface area contributed by atoms with Crippen molar-refractivity contribution >= 4 is 16.8 Å². The molecule has 4 rings (SSSR count). The van der Waals surface area contributed by atoms with E-state index in [1.807, 2.05) is 40.9 Å². The SMILES string of the molecule is Cc1cc(C(=O)N2CCC[C@@H]2Cn2cccn2)c2[nH]ncc2c1. The van der Waals surface area contributed by atoms with Crippen LogP contribution in [0.15, 0.2) is 36.8 Å². The topological polar surface area (TPSA) is 66.8 Å².